The second-order valence-corrected chi connectivity index (χ2v) is 4.42. The summed E-state index contributed by atoms with van der Waals surface area (Å²) in [4.78, 5) is 4.55. The van der Waals surface area contributed by atoms with Gasteiger partial charge in [-0.1, -0.05) is 13.8 Å². The average Bonchev–Trinajstić information content (AvgIpc) is 2.68. The van der Waals surface area contributed by atoms with E-state index < -0.39 is 0 Å². The lowest BCUT2D eigenvalue weighted by molar-refractivity contribution is 0.624. The van der Waals surface area contributed by atoms with Crippen molar-refractivity contribution in [1.29, 1.82) is 0 Å². The molecular formula is C14H20FN3. The summed E-state index contributed by atoms with van der Waals surface area (Å²) >= 11 is 0. The Bertz CT molecular complexity index is 519. The summed E-state index contributed by atoms with van der Waals surface area (Å²) < 4.78 is 15.4. The fourth-order valence-electron chi connectivity index (χ4n) is 2.19. The van der Waals surface area contributed by atoms with E-state index in [1.54, 1.807) is 0 Å². The first-order chi connectivity index (χ1) is 8.76. The van der Waals surface area contributed by atoms with E-state index in [0.717, 1.165) is 49.3 Å². The third-order valence-corrected chi connectivity index (χ3v) is 3.01. The zero-order valence-corrected chi connectivity index (χ0v) is 11.0. The van der Waals surface area contributed by atoms with E-state index in [1.165, 1.54) is 12.1 Å². The topological polar surface area (TPSA) is 29.9 Å². The minimum absolute atomic E-state index is 0.220. The van der Waals surface area contributed by atoms with Crippen molar-refractivity contribution >= 4 is 11.0 Å². The zero-order valence-electron chi connectivity index (χ0n) is 11.0. The third kappa shape index (κ3) is 2.70. The molecule has 0 amide bonds. The lowest BCUT2D eigenvalue weighted by Gasteiger charge is -2.07. The van der Waals surface area contributed by atoms with Crippen LogP contribution in [0.15, 0.2) is 18.2 Å². The molecule has 0 aliphatic rings. The molecule has 0 aliphatic heterocycles. The van der Waals surface area contributed by atoms with Gasteiger partial charge in [-0.3, -0.25) is 0 Å². The number of nitrogens with one attached hydrogen (secondary N) is 1. The summed E-state index contributed by atoms with van der Waals surface area (Å²) in [5.74, 6) is 0.820. The number of fused-ring (bicyclic) bond motifs is 1. The summed E-state index contributed by atoms with van der Waals surface area (Å²) in [5.41, 5.74) is 1.79. The molecule has 0 saturated carbocycles. The van der Waals surface area contributed by atoms with E-state index in [1.807, 2.05) is 6.07 Å². The summed E-state index contributed by atoms with van der Waals surface area (Å²) in [5, 5.41) is 3.29. The number of nitrogens with zero attached hydrogens (tertiary/aromatic N) is 2. The number of hydrogen-bond donors (Lipinski definition) is 1. The van der Waals surface area contributed by atoms with Crippen molar-refractivity contribution in [2.24, 2.45) is 0 Å². The molecule has 0 radical (unpaired) electrons. The molecule has 0 aliphatic carbocycles. The minimum Gasteiger partial charge on any atom is -0.328 e. The van der Waals surface area contributed by atoms with Crippen LogP contribution in [0.1, 0.15) is 26.1 Å². The van der Waals surface area contributed by atoms with Crippen molar-refractivity contribution in [1.82, 2.24) is 14.9 Å². The summed E-state index contributed by atoms with van der Waals surface area (Å²) in [6.45, 7) is 7.03. The number of aromatic nitrogens is 2. The highest BCUT2D eigenvalue weighted by Gasteiger charge is 2.10. The molecular weight excluding hydrogens is 229 g/mol. The van der Waals surface area contributed by atoms with Crippen LogP contribution >= 0.6 is 0 Å². The van der Waals surface area contributed by atoms with Gasteiger partial charge < -0.3 is 9.88 Å². The molecule has 2 aromatic rings. The quantitative estimate of drug-likeness (QED) is 0.798. The monoisotopic (exact) mass is 249 g/mol. The SMILES string of the molecule is CCCn1c(CCNCC)nc2cc(F)ccc21. The van der Waals surface area contributed by atoms with Gasteiger partial charge in [0.05, 0.1) is 11.0 Å². The largest absolute Gasteiger partial charge is 0.328 e. The van der Waals surface area contributed by atoms with Crippen LogP contribution in [0.4, 0.5) is 4.39 Å². The average molecular weight is 249 g/mol. The lowest BCUT2D eigenvalue weighted by Crippen LogP contribution is -2.18. The highest BCUT2D eigenvalue weighted by Crippen LogP contribution is 2.18. The Balaban J connectivity index is 2.34. The molecule has 0 unspecified atom stereocenters. The fraction of sp³-hybridized carbons (Fsp3) is 0.500. The molecule has 1 aromatic carbocycles. The Hall–Kier alpha value is -1.42. The molecule has 0 saturated heterocycles. The number of likely N-dealkylation sites (N-methyl/N-ethyl adjacent to an activating group) is 1. The van der Waals surface area contributed by atoms with E-state index in [9.17, 15) is 4.39 Å². The van der Waals surface area contributed by atoms with Crippen LogP contribution in [0.5, 0.6) is 0 Å². The van der Waals surface area contributed by atoms with Crippen LogP contribution in [0.2, 0.25) is 0 Å². The molecule has 98 valence electrons. The number of halogens is 1. The Morgan fingerprint density at radius 2 is 2.17 bits per heavy atom. The van der Waals surface area contributed by atoms with Gasteiger partial charge in [0.2, 0.25) is 0 Å². The van der Waals surface area contributed by atoms with E-state index in [2.05, 4.69) is 28.7 Å². The first-order valence-corrected chi connectivity index (χ1v) is 6.61. The van der Waals surface area contributed by atoms with E-state index >= 15 is 0 Å². The van der Waals surface area contributed by atoms with Gasteiger partial charge in [-0.05, 0) is 25.1 Å². The van der Waals surface area contributed by atoms with Gasteiger partial charge in [-0.2, -0.15) is 0 Å². The van der Waals surface area contributed by atoms with Crippen molar-refractivity contribution in [3.05, 3.63) is 29.8 Å². The summed E-state index contributed by atoms with van der Waals surface area (Å²) in [6, 6.07) is 4.84. The van der Waals surface area contributed by atoms with Crippen LogP contribution in [0.25, 0.3) is 11.0 Å². The van der Waals surface area contributed by atoms with Gasteiger partial charge in [0.25, 0.3) is 0 Å². The number of hydrogen-bond acceptors (Lipinski definition) is 2. The Morgan fingerprint density at radius 1 is 1.33 bits per heavy atom. The molecule has 0 fully saturated rings. The maximum atomic E-state index is 13.2. The Morgan fingerprint density at radius 3 is 2.89 bits per heavy atom. The molecule has 1 N–H and O–H groups in total. The van der Waals surface area contributed by atoms with Gasteiger partial charge in [-0.15, -0.1) is 0 Å². The van der Waals surface area contributed by atoms with Crippen LogP contribution in [-0.2, 0) is 13.0 Å². The van der Waals surface area contributed by atoms with Crippen molar-refractivity contribution in [2.75, 3.05) is 13.1 Å². The number of imidazole rings is 1. The second-order valence-electron chi connectivity index (χ2n) is 4.42. The molecule has 1 aromatic heterocycles. The summed E-state index contributed by atoms with van der Waals surface area (Å²) in [7, 11) is 0. The zero-order chi connectivity index (χ0) is 13.0. The maximum Gasteiger partial charge on any atom is 0.125 e. The molecule has 18 heavy (non-hydrogen) atoms. The standard InChI is InChI=1S/C14H20FN3/c1-3-9-18-13-6-5-11(15)10-12(13)17-14(18)7-8-16-4-2/h5-6,10,16H,3-4,7-9H2,1-2H3. The lowest BCUT2D eigenvalue weighted by atomic mass is 10.3. The first-order valence-electron chi connectivity index (χ1n) is 6.61. The van der Waals surface area contributed by atoms with Gasteiger partial charge in [0.15, 0.2) is 0 Å². The number of rotatable bonds is 6. The third-order valence-electron chi connectivity index (χ3n) is 3.01. The molecule has 1 heterocycles. The van der Waals surface area contributed by atoms with Gasteiger partial charge in [0.1, 0.15) is 11.6 Å². The van der Waals surface area contributed by atoms with E-state index in [-0.39, 0.29) is 5.82 Å². The van der Waals surface area contributed by atoms with Gasteiger partial charge in [-0.25, -0.2) is 9.37 Å². The predicted molar refractivity (Wildman–Crippen MR) is 72.2 cm³/mol. The smallest absolute Gasteiger partial charge is 0.125 e. The number of benzene rings is 1. The maximum absolute atomic E-state index is 13.2. The molecule has 0 bridgehead atoms. The van der Waals surface area contributed by atoms with E-state index in [0.29, 0.717) is 0 Å². The summed E-state index contributed by atoms with van der Waals surface area (Å²) in [6.07, 6.45) is 1.93. The molecule has 0 atom stereocenters. The highest BCUT2D eigenvalue weighted by atomic mass is 19.1. The van der Waals surface area contributed by atoms with Crippen molar-refractivity contribution in [3.63, 3.8) is 0 Å². The van der Waals surface area contributed by atoms with Crippen LogP contribution < -0.4 is 5.32 Å². The molecule has 4 heteroatoms. The predicted octanol–water partition coefficient (Wildman–Crippen LogP) is 2.74. The molecule has 0 spiro atoms. The number of aryl methyl sites for hydroxylation is 1. The van der Waals surface area contributed by atoms with E-state index in [4.69, 9.17) is 0 Å². The second kappa shape index (κ2) is 5.96. The van der Waals surface area contributed by atoms with Crippen LogP contribution in [0.3, 0.4) is 0 Å². The van der Waals surface area contributed by atoms with Crippen molar-refractivity contribution in [2.45, 2.75) is 33.2 Å². The normalized spacial score (nSPS) is 11.3. The molecule has 3 nitrogen and oxygen atoms in total. The fourth-order valence-corrected chi connectivity index (χ4v) is 2.19. The van der Waals surface area contributed by atoms with Crippen LogP contribution in [0, 0.1) is 5.82 Å². The van der Waals surface area contributed by atoms with Crippen LogP contribution in [-0.4, -0.2) is 22.6 Å². The van der Waals surface area contributed by atoms with Gasteiger partial charge in [0, 0.05) is 25.6 Å². The van der Waals surface area contributed by atoms with Crippen molar-refractivity contribution < 1.29 is 4.39 Å². The Kier molecular flexibility index (Phi) is 4.31. The highest BCUT2D eigenvalue weighted by molar-refractivity contribution is 5.76. The molecule has 2 rings (SSSR count). The Labute approximate surface area is 107 Å². The van der Waals surface area contributed by atoms with Gasteiger partial charge >= 0.3 is 0 Å². The van der Waals surface area contributed by atoms with Crippen molar-refractivity contribution in [3.8, 4) is 0 Å². The first kappa shape index (κ1) is 13.0. The minimum atomic E-state index is -0.220.